The summed E-state index contributed by atoms with van der Waals surface area (Å²) in [5.74, 6) is 0.686. The zero-order chi connectivity index (χ0) is 20.5. The fraction of sp³-hybridized carbons (Fsp3) is 0.520. The number of rotatable bonds is 6. The third-order valence-corrected chi connectivity index (χ3v) is 7.33. The number of piperidine rings is 1. The lowest BCUT2D eigenvalue weighted by Crippen LogP contribution is -2.48. The molecule has 3 heterocycles. The Hall–Kier alpha value is -1.78. The van der Waals surface area contributed by atoms with Crippen molar-refractivity contribution in [1.29, 1.82) is 0 Å². The van der Waals surface area contributed by atoms with Crippen molar-refractivity contribution in [1.82, 2.24) is 4.90 Å². The van der Waals surface area contributed by atoms with E-state index in [2.05, 4.69) is 27.2 Å². The predicted octanol–water partition coefficient (Wildman–Crippen LogP) is 5.72. The molecule has 1 atom stereocenters. The lowest BCUT2D eigenvalue weighted by molar-refractivity contribution is 0.171. The van der Waals surface area contributed by atoms with Gasteiger partial charge in [-0.15, -0.1) is 0 Å². The van der Waals surface area contributed by atoms with Crippen molar-refractivity contribution in [2.24, 2.45) is 5.92 Å². The van der Waals surface area contributed by atoms with Gasteiger partial charge in [-0.3, -0.25) is 4.90 Å². The molecule has 0 bridgehead atoms. The molecule has 5 heteroatoms. The van der Waals surface area contributed by atoms with E-state index < -0.39 is 0 Å². The van der Waals surface area contributed by atoms with Crippen LogP contribution in [0.5, 0.6) is 0 Å². The molecule has 2 aromatic carbocycles. The van der Waals surface area contributed by atoms with E-state index in [0.717, 1.165) is 36.9 Å². The van der Waals surface area contributed by atoms with Crippen molar-refractivity contribution >= 4 is 23.0 Å². The summed E-state index contributed by atoms with van der Waals surface area (Å²) in [7, 11) is 0. The average molecular weight is 428 g/mol. The summed E-state index contributed by atoms with van der Waals surface area (Å²) >= 11 is 6.34. The van der Waals surface area contributed by atoms with E-state index in [1.165, 1.54) is 67.7 Å². The average Bonchev–Trinajstić information content (AvgIpc) is 3.09. The smallest absolute Gasteiger partial charge is 0.123 e. The van der Waals surface area contributed by atoms with Gasteiger partial charge in [-0.25, -0.2) is 4.39 Å². The maximum absolute atomic E-state index is 13.0. The summed E-state index contributed by atoms with van der Waals surface area (Å²) in [6.07, 6.45) is 8.84. The van der Waals surface area contributed by atoms with Gasteiger partial charge >= 0.3 is 0 Å². The van der Waals surface area contributed by atoms with Gasteiger partial charge in [0.1, 0.15) is 12.0 Å². The third-order valence-electron chi connectivity index (χ3n) is 7.11. The molecule has 0 spiro atoms. The predicted molar refractivity (Wildman–Crippen MR) is 123 cm³/mol. The molecule has 0 amide bonds. The van der Waals surface area contributed by atoms with Crippen molar-refractivity contribution in [3.05, 3.63) is 58.4 Å². The van der Waals surface area contributed by atoms with E-state index >= 15 is 0 Å². The number of aryl methyl sites for hydroxylation is 2. The van der Waals surface area contributed by atoms with Crippen LogP contribution in [0.4, 0.5) is 15.8 Å². The van der Waals surface area contributed by atoms with Crippen molar-refractivity contribution in [3.63, 3.8) is 0 Å². The highest BCUT2D eigenvalue weighted by molar-refractivity contribution is 6.31. The number of nitrogens with zero attached hydrogens (tertiary/aromatic N) is 2. The largest absolute Gasteiger partial charge is 0.362 e. The molecule has 3 aliphatic heterocycles. The molecule has 30 heavy (non-hydrogen) atoms. The number of anilines is 2. The van der Waals surface area contributed by atoms with Gasteiger partial charge in [-0.2, -0.15) is 0 Å². The zero-order valence-electron chi connectivity index (χ0n) is 17.5. The molecular weight excluding hydrogens is 397 g/mol. The normalized spacial score (nSPS) is 21.5. The molecule has 5 rings (SSSR count). The minimum atomic E-state index is -0.144. The summed E-state index contributed by atoms with van der Waals surface area (Å²) in [4.78, 5) is 5.20. The number of nitrogens with one attached hydrogen (secondary N) is 1. The summed E-state index contributed by atoms with van der Waals surface area (Å²) in [5, 5.41) is 4.59. The Balaban J connectivity index is 1.09. The molecule has 1 saturated heterocycles. The van der Waals surface area contributed by atoms with Crippen LogP contribution in [0.2, 0.25) is 5.02 Å². The second-order valence-electron chi connectivity index (χ2n) is 9.18. The maximum atomic E-state index is 13.0. The first-order valence-corrected chi connectivity index (χ1v) is 11.9. The Morgan fingerprint density at radius 3 is 2.67 bits per heavy atom. The lowest BCUT2D eigenvalue weighted by Gasteiger charge is -2.37. The van der Waals surface area contributed by atoms with E-state index in [1.54, 1.807) is 12.1 Å². The third kappa shape index (κ3) is 4.31. The Morgan fingerprint density at radius 1 is 1.07 bits per heavy atom. The van der Waals surface area contributed by atoms with Crippen LogP contribution in [-0.4, -0.2) is 37.2 Å². The van der Waals surface area contributed by atoms with Crippen LogP contribution in [0, 0.1) is 11.7 Å². The van der Waals surface area contributed by atoms with Gasteiger partial charge in [0.05, 0.1) is 11.4 Å². The molecule has 3 nitrogen and oxygen atoms in total. The van der Waals surface area contributed by atoms with E-state index in [1.807, 2.05) is 12.1 Å². The van der Waals surface area contributed by atoms with Crippen LogP contribution >= 0.6 is 11.6 Å². The van der Waals surface area contributed by atoms with E-state index in [-0.39, 0.29) is 5.82 Å². The molecular formula is C25H31ClFN3. The van der Waals surface area contributed by atoms with E-state index in [9.17, 15) is 4.39 Å². The summed E-state index contributed by atoms with van der Waals surface area (Å²) in [6, 6.07) is 11.2. The SMILES string of the molecule is Fc1ccc(CCCC2CCN(CC3Nc4cc(Cl)cc5c4N3CCC5)CC2)cc1. The maximum Gasteiger partial charge on any atom is 0.123 e. The van der Waals surface area contributed by atoms with Gasteiger partial charge < -0.3 is 10.2 Å². The molecule has 1 unspecified atom stereocenters. The number of likely N-dealkylation sites (tertiary alicyclic amines) is 1. The first kappa shape index (κ1) is 20.1. The van der Waals surface area contributed by atoms with Crippen LogP contribution in [0.25, 0.3) is 0 Å². The first-order valence-electron chi connectivity index (χ1n) is 11.5. The van der Waals surface area contributed by atoms with Gasteiger partial charge in [-0.1, -0.05) is 30.2 Å². The Kier molecular flexibility index (Phi) is 5.88. The van der Waals surface area contributed by atoms with E-state index in [4.69, 9.17) is 11.6 Å². The van der Waals surface area contributed by atoms with Crippen LogP contribution in [0.15, 0.2) is 36.4 Å². The Labute approximate surface area is 184 Å². The zero-order valence-corrected chi connectivity index (χ0v) is 18.3. The fourth-order valence-electron chi connectivity index (χ4n) is 5.51. The highest BCUT2D eigenvalue weighted by Gasteiger charge is 2.34. The molecule has 0 aliphatic carbocycles. The van der Waals surface area contributed by atoms with Crippen molar-refractivity contribution in [2.45, 2.75) is 51.1 Å². The molecule has 1 fully saturated rings. The van der Waals surface area contributed by atoms with Crippen LogP contribution in [-0.2, 0) is 12.8 Å². The van der Waals surface area contributed by atoms with Crippen LogP contribution < -0.4 is 10.2 Å². The molecule has 0 radical (unpaired) electrons. The first-order chi connectivity index (χ1) is 14.7. The van der Waals surface area contributed by atoms with Gasteiger partial charge in [0.15, 0.2) is 0 Å². The van der Waals surface area contributed by atoms with Gasteiger partial charge in [0, 0.05) is 18.1 Å². The van der Waals surface area contributed by atoms with Gasteiger partial charge in [0.25, 0.3) is 0 Å². The standard InChI is InChI=1S/C25H31ClFN3/c26-21-15-20-5-2-12-30-24(28-23(16-21)25(20)30)17-29-13-10-19(11-14-29)4-1-3-18-6-8-22(27)9-7-18/h6-9,15-16,19,24,28H,1-5,10-14,17H2. The monoisotopic (exact) mass is 427 g/mol. The molecule has 2 aromatic rings. The number of hydrogen-bond donors (Lipinski definition) is 1. The van der Waals surface area contributed by atoms with E-state index in [0.29, 0.717) is 6.17 Å². The quantitative estimate of drug-likeness (QED) is 0.636. The van der Waals surface area contributed by atoms with Crippen molar-refractivity contribution in [2.75, 3.05) is 36.4 Å². The van der Waals surface area contributed by atoms with Crippen molar-refractivity contribution < 1.29 is 4.39 Å². The lowest BCUT2D eigenvalue weighted by atomic mass is 9.90. The van der Waals surface area contributed by atoms with Crippen LogP contribution in [0.3, 0.4) is 0 Å². The second-order valence-corrected chi connectivity index (χ2v) is 9.62. The number of benzene rings is 2. The summed E-state index contributed by atoms with van der Waals surface area (Å²) < 4.78 is 13.0. The molecule has 0 saturated carbocycles. The highest BCUT2D eigenvalue weighted by Crippen LogP contribution is 2.43. The van der Waals surface area contributed by atoms with Gasteiger partial charge in [0.2, 0.25) is 0 Å². The molecule has 160 valence electrons. The Bertz CT molecular complexity index is 877. The topological polar surface area (TPSA) is 18.5 Å². The Morgan fingerprint density at radius 2 is 1.87 bits per heavy atom. The second kappa shape index (κ2) is 8.76. The van der Waals surface area contributed by atoms with Crippen molar-refractivity contribution in [3.8, 4) is 0 Å². The minimum absolute atomic E-state index is 0.144. The van der Waals surface area contributed by atoms with Crippen LogP contribution in [0.1, 0.15) is 43.2 Å². The fourth-order valence-corrected chi connectivity index (χ4v) is 5.75. The summed E-state index contributed by atoms with van der Waals surface area (Å²) in [5.41, 5.74) is 5.27. The molecule has 1 N–H and O–H groups in total. The minimum Gasteiger partial charge on any atom is -0.362 e. The highest BCUT2D eigenvalue weighted by atomic mass is 35.5. The molecule has 0 aromatic heterocycles. The van der Waals surface area contributed by atoms with Gasteiger partial charge in [-0.05, 0) is 92.9 Å². The number of hydrogen-bond acceptors (Lipinski definition) is 3. The summed E-state index contributed by atoms with van der Waals surface area (Å²) in [6.45, 7) is 4.60. The molecule has 3 aliphatic rings. The number of halogens is 2.